The molecule has 2 N–H and O–H groups in total. The van der Waals surface area contributed by atoms with Gasteiger partial charge in [0.05, 0.1) is 0 Å². The molecule has 5 aromatic rings. The summed E-state index contributed by atoms with van der Waals surface area (Å²) in [5.74, 6) is 1.02. The van der Waals surface area contributed by atoms with E-state index in [9.17, 15) is 0 Å². The number of hydrogen-bond acceptors (Lipinski definition) is 4. The van der Waals surface area contributed by atoms with Crippen molar-refractivity contribution in [3.63, 3.8) is 0 Å². The van der Waals surface area contributed by atoms with Crippen LogP contribution in [-0.2, 0) is 0 Å². The standard InChI is InChI=1S/C18H12N6/c1-3-7-15-11(5-1)13(9-19-15)17-21-23-18(24-22-17)14-10-20-16-8-4-2-6-12(14)16/h1-10,19-20H. The van der Waals surface area contributed by atoms with Crippen molar-refractivity contribution >= 4 is 21.8 Å². The normalized spacial score (nSPS) is 11.3. The summed E-state index contributed by atoms with van der Waals surface area (Å²) in [5, 5.41) is 19.2. The van der Waals surface area contributed by atoms with Crippen molar-refractivity contribution in [1.29, 1.82) is 0 Å². The van der Waals surface area contributed by atoms with Gasteiger partial charge in [0.2, 0.25) is 11.6 Å². The third kappa shape index (κ3) is 1.90. The Hall–Kier alpha value is -3.54. The van der Waals surface area contributed by atoms with Crippen molar-refractivity contribution in [2.45, 2.75) is 0 Å². The fraction of sp³-hybridized carbons (Fsp3) is 0. The van der Waals surface area contributed by atoms with E-state index in [1.165, 1.54) is 0 Å². The lowest BCUT2D eigenvalue weighted by molar-refractivity contribution is 0.878. The summed E-state index contributed by atoms with van der Waals surface area (Å²) in [4.78, 5) is 6.42. The summed E-state index contributed by atoms with van der Waals surface area (Å²) >= 11 is 0. The van der Waals surface area contributed by atoms with E-state index in [2.05, 4.69) is 30.4 Å². The van der Waals surface area contributed by atoms with Gasteiger partial charge in [-0.15, -0.1) is 20.4 Å². The number of H-pyrrole nitrogens is 2. The molecule has 0 amide bonds. The number of aromatic nitrogens is 6. The second-order valence-electron chi connectivity index (χ2n) is 5.54. The van der Waals surface area contributed by atoms with Crippen LogP contribution in [0.4, 0.5) is 0 Å². The number of nitrogens with one attached hydrogen (secondary N) is 2. The van der Waals surface area contributed by atoms with Gasteiger partial charge < -0.3 is 9.97 Å². The van der Waals surface area contributed by atoms with Gasteiger partial charge in [-0.2, -0.15) is 0 Å². The topological polar surface area (TPSA) is 83.1 Å². The number of hydrogen-bond donors (Lipinski definition) is 2. The van der Waals surface area contributed by atoms with Gasteiger partial charge in [0.15, 0.2) is 0 Å². The summed E-state index contributed by atoms with van der Waals surface area (Å²) in [6, 6.07) is 16.0. The average molecular weight is 312 g/mol. The van der Waals surface area contributed by atoms with E-state index in [4.69, 9.17) is 0 Å². The largest absolute Gasteiger partial charge is 0.360 e. The van der Waals surface area contributed by atoms with Gasteiger partial charge in [-0.05, 0) is 12.1 Å². The minimum atomic E-state index is 0.510. The van der Waals surface area contributed by atoms with E-state index in [-0.39, 0.29) is 0 Å². The molecule has 0 bridgehead atoms. The molecule has 0 fully saturated rings. The summed E-state index contributed by atoms with van der Waals surface area (Å²) in [6.45, 7) is 0. The van der Waals surface area contributed by atoms with Gasteiger partial charge in [-0.1, -0.05) is 36.4 Å². The monoisotopic (exact) mass is 312 g/mol. The maximum atomic E-state index is 4.28. The van der Waals surface area contributed by atoms with E-state index >= 15 is 0 Å². The molecule has 3 heterocycles. The van der Waals surface area contributed by atoms with Crippen molar-refractivity contribution in [3.05, 3.63) is 60.9 Å². The molecular weight excluding hydrogens is 300 g/mol. The first-order valence-electron chi connectivity index (χ1n) is 7.60. The van der Waals surface area contributed by atoms with Crippen molar-refractivity contribution < 1.29 is 0 Å². The number of para-hydroxylation sites is 2. The third-order valence-corrected chi connectivity index (χ3v) is 4.14. The van der Waals surface area contributed by atoms with Crippen LogP contribution >= 0.6 is 0 Å². The average Bonchev–Trinajstić information content (AvgIpc) is 3.26. The first kappa shape index (κ1) is 13.0. The number of aromatic amines is 2. The molecule has 6 nitrogen and oxygen atoms in total. The quantitative estimate of drug-likeness (QED) is 0.522. The van der Waals surface area contributed by atoms with Gasteiger partial charge in [-0.3, -0.25) is 0 Å². The second kappa shape index (κ2) is 4.99. The molecule has 0 radical (unpaired) electrons. The van der Waals surface area contributed by atoms with Gasteiger partial charge >= 0.3 is 0 Å². The highest BCUT2D eigenvalue weighted by molar-refractivity contribution is 5.94. The Morgan fingerprint density at radius 1 is 0.542 bits per heavy atom. The van der Waals surface area contributed by atoms with Gasteiger partial charge in [0.25, 0.3) is 0 Å². The van der Waals surface area contributed by atoms with Crippen LogP contribution in [0.3, 0.4) is 0 Å². The molecule has 0 atom stereocenters. The van der Waals surface area contributed by atoms with Crippen LogP contribution in [0.25, 0.3) is 44.6 Å². The van der Waals surface area contributed by atoms with Crippen LogP contribution in [0, 0.1) is 0 Å². The molecule has 0 aliphatic carbocycles. The number of fused-ring (bicyclic) bond motifs is 2. The number of nitrogens with zero attached hydrogens (tertiary/aromatic N) is 4. The molecule has 0 aliphatic heterocycles. The fourth-order valence-electron chi connectivity index (χ4n) is 2.96. The molecule has 0 saturated carbocycles. The van der Waals surface area contributed by atoms with Crippen LogP contribution in [0.5, 0.6) is 0 Å². The minimum Gasteiger partial charge on any atom is -0.360 e. The van der Waals surface area contributed by atoms with Crippen LogP contribution in [0.15, 0.2) is 60.9 Å². The molecule has 0 aliphatic rings. The zero-order valence-electron chi connectivity index (χ0n) is 12.6. The lowest BCUT2D eigenvalue weighted by Crippen LogP contribution is -1.98. The zero-order valence-corrected chi connectivity index (χ0v) is 12.6. The van der Waals surface area contributed by atoms with E-state index in [0.29, 0.717) is 11.6 Å². The fourth-order valence-corrected chi connectivity index (χ4v) is 2.96. The summed E-state index contributed by atoms with van der Waals surface area (Å²) < 4.78 is 0. The van der Waals surface area contributed by atoms with E-state index < -0.39 is 0 Å². The summed E-state index contributed by atoms with van der Waals surface area (Å²) in [5.41, 5.74) is 3.88. The van der Waals surface area contributed by atoms with E-state index in [1.54, 1.807) is 0 Å². The van der Waals surface area contributed by atoms with E-state index in [1.807, 2.05) is 60.9 Å². The summed E-state index contributed by atoms with van der Waals surface area (Å²) in [7, 11) is 0. The van der Waals surface area contributed by atoms with Crippen LogP contribution in [-0.4, -0.2) is 30.4 Å². The van der Waals surface area contributed by atoms with Crippen LogP contribution in [0.1, 0.15) is 0 Å². The van der Waals surface area contributed by atoms with Crippen LogP contribution in [0.2, 0.25) is 0 Å². The Kier molecular flexibility index (Phi) is 2.69. The third-order valence-electron chi connectivity index (χ3n) is 4.14. The molecule has 0 unspecified atom stereocenters. The Morgan fingerprint density at radius 3 is 1.42 bits per heavy atom. The molecule has 3 aromatic heterocycles. The smallest absolute Gasteiger partial charge is 0.205 e. The van der Waals surface area contributed by atoms with Crippen LogP contribution < -0.4 is 0 Å². The van der Waals surface area contributed by atoms with Crippen molar-refractivity contribution in [2.24, 2.45) is 0 Å². The summed E-state index contributed by atoms with van der Waals surface area (Å²) in [6.07, 6.45) is 3.77. The Morgan fingerprint density at radius 2 is 0.958 bits per heavy atom. The Bertz CT molecular complexity index is 1060. The predicted molar refractivity (Wildman–Crippen MR) is 92.2 cm³/mol. The molecule has 2 aromatic carbocycles. The molecule has 24 heavy (non-hydrogen) atoms. The second-order valence-corrected chi connectivity index (χ2v) is 5.54. The lowest BCUT2D eigenvalue weighted by Gasteiger charge is -1.99. The molecule has 5 rings (SSSR count). The van der Waals surface area contributed by atoms with Gasteiger partial charge in [0, 0.05) is 45.3 Å². The minimum absolute atomic E-state index is 0.510. The van der Waals surface area contributed by atoms with Gasteiger partial charge in [-0.25, -0.2) is 0 Å². The SMILES string of the molecule is c1ccc2c(-c3nnc(-c4c[nH]c5ccccc45)nn3)c[nH]c2c1. The first-order chi connectivity index (χ1) is 11.9. The molecule has 114 valence electrons. The van der Waals surface area contributed by atoms with Crippen molar-refractivity contribution in [2.75, 3.05) is 0 Å². The highest BCUT2D eigenvalue weighted by Gasteiger charge is 2.13. The highest BCUT2D eigenvalue weighted by Crippen LogP contribution is 2.27. The highest BCUT2D eigenvalue weighted by atomic mass is 15.3. The Labute approximate surface area is 136 Å². The first-order valence-corrected chi connectivity index (χ1v) is 7.60. The number of benzene rings is 2. The van der Waals surface area contributed by atoms with Crippen molar-refractivity contribution in [1.82, 2.24) is 30.4 Å². The molecule has 0 saturated heterocycles. The maximum Gasteiger partial charge on any atom is 0.205 e. The van der Waals surface area contributed by atoms with Crippen molar-refractivity contribution in [3.8, 4) is 22.8 Å². The van der Waals surface area contributed by atoms with E-state index in [0.717, 1.165) is 32.9 Å². The zero-order chi connectivity index (χ0) is 15.9. The molecule has 0 spiro atoms. The van der Waals surface area contributed by atoms with Gasteiger partial charge in [0.1, 0.15) is 0 Å². The predicted octanol–water partition coefficient (Wildman–Crippen LogP) is 3.56. The maximum absolute atomic E-state index is 4.28. The Balaban J connectivity index is 1.60. The molecule has 6 heteroatoms. The molecular formula is C18H12N6. The lowest BCUT2D eigenvalue weighted by atomic mass is 10.1. The number of rotatable bonds is 2.